The zero-order valence-electron chi connectivity index (χ0n) is 16.4. The molecule has 0 bridgehead atoms. The lowest BCUT2D eigenvalue weighted by molar-refractivity contribution is -0.121. The van der Waals surface area contributed by atoms with E-state index in [9.17, 15) is 9.59 Å². The topological polar surface area (TPSA) is 67.9 Å². The van der Waals surface area contributed by atoms with Gasteiger partial charge in [-0.1, -0.05) is 23.7 Å². The van der Waals surface area contributed by atoms with E-state index in [0.29, 0.717) is 29.0 Å². The first-order chi connectivity index (χ1) is 14.1. The molecule has 1 fully saturated rings. The summed E-state index contributed by atoms with van der Waals surface area (Å²) in [7, 11) is 1.64. The number of amides is 1. The van der Waals surface area contributed by atoms with E-state index >= 15 is 0 Å². The maximum Gasteiger partial charge on any atom is 0.220 e. The van der Waals surface area contributed by atoms with Crippen molar-refractivity contribution in [2.24, 2.45) is 0 Å². The van der Waals surface area contributed by atoms with Crippen molar-refractivity contribution in [1.82, 2.24) is 10.2 Å². The standard InChI is InChI=1S/C21H25ClN2O4S/c1-27-16-4-2-15(3-5-16)17(24-10-12-28-13-11-24)14-23-21(26)9-6-18(25)19-7-8-20(22)29-19/h2-5,7-8,17H,6,9-14H2,1H3,(H,23,26). The summed E-state index contributed by atoms with van der Waals surface area (Å²) in [5, 5.41) is 2.99. The van der Waals surface area contributed by atoms with Gasteiger partial charge in [-0.3, -0.25) is 14.5 Å². The molecule has 0 aliphatic carbocycles. The van der Waals surface area contributed by atoms with Crippen molar-refractivity contribution in [2.75, 3.05) is 40.0 Å². The number of ether oxygens (including phenoxy) is 2. The SMILES string of the molecule is COc1ccc(C(CNC(=O)CCC(=O)c2ccc(Cl)s2)N2CCOCC2)cc1. The van der Waals surface area contributed by atoms with Gasteiger partial charge in [0, 0.05) is 32.5 Å². The van der Waals surface area contributed by atoms with Crippen LogP contribution in [0.25, 0.3) is 0 Å². The average molecular weight is 437 g/mol. The number of halogens is 1. The van der Waals surface area contributed by atoms with E-state index in [2.05, 4.69) is 10.2 Å². The Hall–Kier alpha value is -1.93. The third-order valence-electron chi connectivity index (χ3n) is 4.91. The number of carbonyl (C=O) groups is 2. The molecule has 1 N–H and O–H groups in total. The van der Waals surface area contributed by atoms with Gasteiger partial charge in [-0.25, -0.2) is 0 Å². The van der Waals surface area contributed by atoms with Gasteiger partial charge in [0.05, 0.1) is 35.6 Å². The quantitative estimate of drug-likeness (QED) is 0.609. The molecule has 1 saturated heterocycles. The molecule has 2 heterocycles. The maximum absolute atomic E-state index is 12.4. The van der Waals surface area contributed by atoms with Gasteiger partial charge in [0.1, 0.15) is 5.75 Å². The Balaban J connectivity index is 1.56. The number of ketones is 1. The minimum atomic E-state index is -0.132. The molecule has 1 aliphatic rings. The fraction of sp³-hybridized carbons (Fsp3) is 0.429. The van der Waals surface area contributed by atoms with Crippen molar-refractivity contribution >= 4 is 34.6 Å². The molecule has 2 aromatic rings. The highest BCUT2D eigenvalue weighted by atomic mass is 35.5. The first kappa shape index (κ1) is 21.8. The van der Waals surface area contributed by atoms with Crippen LogP contribution >= 0.6 is 22.9 Å². The highest BCUT2D eigenvalue weighted by Gasteiger charge is 2.23. The Bertz CT molecular complexity index is 818. The highest BCUT2D eigenvalue weighted by Crippen LogP contribution is 2.24. The molecule has 156 valence electrons. The van der Waals surface area contributed by atoms with Crippen LogP contribution in [0.15, 0.2) is 36.4 Å². The number of benzene rings is 1. The van der Waals surface area contributed by atoms with Crippen molar-refractivity contribution in [2.45, 2.75) is 18.9 Å². The number of morpholine rings is 1. The molecule has 1 amide bonds. The number of hydrogen-bond donors (Lipinski definition) is 1. The first-order valence-electron chi connectivity index (χ1n) is 9.58. The number of thiophene rings is 1. The van der Waals surface area contributed by atoms with Gasteiger partial charge in [-0.15, -0.1) is 11.3 Å². The Labute approximate surface area is 179 Å². The number of carbonyl (C=O) groups excluding carboxylic acids is 2. The lowest BCUT2D eigenvalue weighted by atomic mass is 10.0. The molecule has 1 unspecified atom stereocenters. The summed E-state index contributed by atoms with van der Waals surface area (Å²) in [6.07, 6.45) is 0.334. The van der Waals surface area contributed by atoms with Crippen molar-refractivity contribution in [1.29, 1.82) is 0 Å². The van der Waals surface area contributed by atoms with Gasteiger partial charge in [-0.2, -0.15) is 0 Å². The summed E-state index contributed by atoms with van der Waals surface area (Å²) < 4.78 is 11.3. The smallest absolute Gasteiger partial charge is 0.220 e. The van der Waals surface area contributed by atoms with E-state index < -0.39 is 0 Å². The third-order valence-corrected chi connectivity index (χ3v) is 6.18. The van der Waals surface area contributed by atoms with Gasteiger partial charge >= 0.3 is 0 Å². The molecular formula is C21H25ClN2O4S. The van der Waals surface area contributed by atoms with Crippen LogP contribution in [0.3, 0.4) is 0 Å². The maximum atomic E-state index is 12.4. The van der Waals surface area contributed by atoms with Crippen LogP contribution in [-0.2, 0) is 9.53 Å². The molecule has 6 nitrogen and oxygen atoms in total. The lowest BCUT2D eigenvalue weighted by Gasteiger charge is -2.35. The minimum Gasteiger partial charge on any atom is -0.497 e. The Kier molecular flexibility index (Phi) is 8.06. The van der Waals surface area contributed by atoms with Crippen LogP contribution in [0.4, 0.5) is 0 Å². The van der Waals surface area contributed by atoms with Crippen LogP contribution in [0.5, 0.6) is 5.75 Å². The average Bonchev–Trinajstić information content (AvgIpc) is 3.20. The van der Waals surface area contributed by atoms with Crippen LogP contribution in [0, 0.1) is 0 Å². The molecule has 0 spiro atoms. The summed E-state index contributed by atoms with van der Waals surface area (Å²) in [5.74, 6) is 0.607. The summed E-state index contributed by atoms with van der Waals surface area (Å²) in [5.41, 5.74) is 1.11. The zero-order valence-corrected chi connectivity index (χ0v) is 17.9. The Morgan fingerprint density at radius 1 is 1.17 bits per heavy atom. The number of Topliss-reactive ketones (excluding diaryl/α,β-unsaturated/α-hetero) is 1. The van der Waals surface area contributed by atoms with Gasteiger partial charge in [0.25, 0.3) is 0 Å². The summed E-state index contributed by atoms with van der Waals surface area (Å²) in [6, 6.07) is 11.3. The molecule has 8 heteroatoms. The number of nitrogens with zero attached hydrogens (tertiary/aromatic N) is 1. The van der Waals surface area contributed by atoms with E-state index in [1.165, 1.54) is 11.3 Å². The fourth-order valence-electron chi connectivity index (χ4n) is 3.29. The molecule has 1 aliphatic heterocycles. The fourth-order valence-corrected chi connectivity index (χ4v) is 4.30. The van der Waals surface area contributed by atoms with Crippen molar-refractivity contribution in [3.63, 3.8) is 0 Å². The van der Waals surface area contributed by atoms with Crippen LogP contribution in [0.1, 0.15) is 34.1 Å². The van der Waals surface area contributed by atoms with E-state index in [1.54, 1.807) is 19.2 Å². The van der Waals surface area contributed by atoms with Crippen molar-refractivity contribution in [3.8, 4) is 5.75 Å². The predicted molar refractivity (Wildman–Crippen MR) is 114 cm³/mol. The largest absolute Gasteiger partial charge is 0.497 e. The van der Waals surface area contributed by atoms with Crippen LogP contribution in [0.2, 0.25) is 4.34 Å². The molecule has 3 rings (SSSR count). The molecule has 29 heavy (non-hydrogen) atoms. The monoisotopic (exact) mass is 436 g/mol. The second-order valence-electron chi connectivity index (χ2n) is 6.77. The van der Waals surface area contributed by atoms with Crippen molar-refractivity contribution in [3.05, 3.63) is 51.2 Å². The van der Waals surface area contributed by atoms with E-state index in [1.807, 2.05) is 24.3 Å². The molecule has 1 aromatic heterocycles. The Morgan fingerprint density at radius 2 is 1.90 bits per heavy atom. The van der Waals surface area contributed by atoms with Crippen LogP contribution in [-0.4, -0.2) is 56.5 Å². The molecular weight excluding hydrogens is 412 g/mol. The van der Waals surface area contributed by atoms with E-state index in [4.69, 9.17) is 21.1 Å². The normalized spacial score (nSPS) is 15.7. The predicted octanol–water partition coefficient (Wildman–Crippen LogP) is 3.56. The van der Waals surface area contributed by atoms with Gasteiger partial charge in [-0.05, 0) is 29.8 Å². The summed E-state index contributed by atoms with van der Waals surface area (Å²) in [6.45, 7) is 3.45. The van der Waals surface area contributed by atoms with Crippen molar-refractivity contribution < 1.29 is 19.1 Å². The van der Waals surface area contributed by atoms with Gasteiger partial charge in [0.2, 0.25) is 5.91 Å². The zero-order chi connectivity index (χ0) is 20.6. The molecule has 0 radical (unpaired) electrons. The number of nitrogens with one attached hydrogen (secondary N) is 1. The number of hydrogen-bond acceptors (Lipinski definition) is 6. The first-order valence-corrected chi connectivity index (χ1v) is 10.8. The second kappa shape index (κ2) is 10.7. The Morgan fingerprint density at radius 3 is 2.52 bits per heavy atom. The molecule has 1 atom stereocenters. The van der Waals surface area contributed by atoms with Crippen LogP contribution < -0.4 is 10.1 Å². The van der Waals surface area contributed by atoms with E-state index in [0.717, 1.165) is 24.4 Å². The third kappa shape index (κ3) is 6.27. The summed E-state index contributed by atoms with van der Waals surface area (Å²) >= 11 is 7.11. The van der Waals surface area contributed by atoms with Gasteiger partial charge in [0.15, 0.2) is 5.78 Å². The van der Waals surface area contributed by atoms with E-state index in [-0.39, 0.29) is 30.6 Å². The second-order valence-corrected chi connectivity index (χ2v) is 8.48. The number of rotatable bonds is 9. The lowest BCUT2D eigenvalue weighted by Crippen LogP contribution is -2.43. The minimum absolute atomic E-state index is 0.0422. The van der Waals surface area contributed by atoms with Gasteiger partial charge < -0.3 is 14.8 Å². The molecule has 1 aromatic carbocycles. The molecule has 0 saturated carbocycles. The summed E-state index contributed by atoms with van der Waals surface area (Å²) in [4.78, 5) is 27.4. The highest BCUT2D eigenvalue weighted by molar-refractivity contribution is 7.18. The number of methoxy groups -OCH3 is 1.